The smallest absolute Gasteiger partial charge is 0.272 e. The summed E-state index contributed by atoms with van der Waals surface area (Å²) in [6.07, 6.45) is 0.488. The molecule has 1 aliphatic heterocycles. The van der Waals surface area contributed by atoms with Crippen LogP contribution in [-0.4, -0.2) is 51.2 Å². The Hall–Kier alpha value is -1.89. The number of nitrogens with two attached hydrogens (primary N) is 1. The number of hydrogen-bond donors (Lipinski definition) is 2. The van der Waals surface area contributed by atoms with Gasteiger partial charge in [0.2, 0.25) is 5.91 Å². The molecule has 24 heavy (non-hydrogen) atoms. The van der Waals surface area contributed by atoms with Crippen molar-refractivity contribution in [3.8, 4) is 0 Å². The first kappa shape index (κ1) is 18.4. The van der Waals surface area contributed by atoms with Crippen LogP contribution >= 0.6 is 0 Å². The Kier molecular flexibility index (Phi) is 5.64. The molecule has 1 aromatic heterocycles. The van der Waals surface area contributed by atoms with E-state index in [1.807, 2.05) is 40.7 Å². The number of carbonyl (C=O) groups excluding carboxylic acids is 2. The topological polar surface area (TPSA) is 93.2 Å². The molecule has 0 spiro atoms. The molecule has 2 heterocycles. The van der Waals surface area contributed by atoms with Gasteiger partial charge in [-0.25, -0.2) is 0 Å². The van der Waals surface area contributed by atoms with Gasteiger partial charge in [0, 0.05) is 25.2 Å². The van der Waals surface area contributed by atoms with E-state index in [-0.39, 0.29) is 29.8 Å². The van der Waals surface area contributed by atoms with Gasteiger partial charge in [0.25, 0.3) is 5.91 Å². The molecule has 1 aromatic rings. The van der Waals surface area contributed by atoms with E-state index in [0.717, 1.165) is 5.69 Å². The SMILES string of the molecule is CCn1nc(C(C)C)cc1C(=O)N1C[C@H](N)C[C@H]1C(=O)NC(C)C. The van der Waals surface area contributed by atoms with Crippen molar-refractivity contribution in [2.45, 2.75) is 71.6 Å². The lowest BCUT2D eigenvalue weighted by Gasteiger charge is -2.24. The summed E-state index contributed by atoms with van der Waals surface area (Å²) in [5.74, 6) is -0.0729. The van der Waals surface area contributed by atoms with E-state index in [1.54, 1.807) is 9.58 Å². The van der Waals surface area contributed by atoms with Crippen molar-refractivity contribution in [2.75, 3.05) is 6.54 Å². The number of aryl methyl sites for hydroxylation is 1. The summed E-state index contributed by atoms with van der Waals surface area (Å²) in [6.45, 7) is 10.8. The summed E-state index contributed by atoms with van der Waals surface area (Å²) >= 11 is 0. The van der Waals surface area contributed by atoms with E-state index < -0.39 is 6.04 Å². The van der Waals surface area contributed by atoms with Gasteiger partial charge in [-0.05, 0) is 39.2 Å². The Morgan fingerprint density at radius 2 is 2.04 bits per heavy atom. The lowest BCUT2D eigenvalue weighted by atomic mass is 10.1. The molecule has 0 radical (unpaired) electrons. The second kappa shape index (κ2) is 7.34. The lowest BCUT2D eigenvalue weighted by Crippen LogP contribution is -2.48. The largest absolute Gasteiger partial charge is 0.352 e. The van der Waals surface area contributed by atoms with Crippen molar-refractivity contribution in [3.63, 3.8) is 0 Å². The molecule has 2 rings (SSSR count). The fourth-order valence-corrected chi connectivity index (χ4v) is 3.00. The minimum absolute atomic E-state index is 0.0278. The standard InChI is InChI=1S/C17H29N5O2/c1-6-22-15(8-13(20-22)10(2)3)17(24)21-9-12(18)7-14(21)16(23)19-11(4)5/h8,10-12,14H,6-7,9,18H2,1-5H3,(H,19,23)/t12-,14+/m1/s1. The molecule has 3 N–H and O–H groups in total. The molecule has 1 fully saturated rings. The van der Waals surface area contributed by atoms with Crippen LogP contribution in [0.1, 0.15) is 63.1 Å². The number of amides is 2. The maximum atomic E-state index is 13.0. The summed E-state index contributed by atoms with van der Waals surface area (Å²) in [5, 5.41) is 7.38. The first-order valence-corrected chi connectivity index (χ1v) is 8.69. The summed E-state index contributed by atoms with van der Waals surface area (Å²) in [4.78, 5) is 27.1. The Morgan fingerprint density at radius 3 is 2.58 bits per heavy atom. The highest BCUT2D eigenvalue weighted by molar-refractivity contribution is 5.97. The highest BCUT2D eigenvalue weighted by Gasteiger charge is 2.39. The Balaban J connectivity index is 2.28. The molecule has 0 aromatic carbocycles. The Morgan fingerprint density at radius 1 is 1.38 bits per heavy atom. The van der Waals surface area contributed by atoms with Crippen molar-refractivity contribution < 1.29 is 9.59 Å². The van der Waals surface area contributed by atoms with Gasteiger partial charge in [0.15, 0.2) is 0 Å². The fraction of sp³-hybridized carbons (Fsp3) is 0.706. The molecular formula is C17H29N5O2. The van der Waals surface area contributed by atoms with Crippen LogP contribution in [0.4, 0.5) is 0 Å². The van der Waals surface area contributed by atoms with E-state index in [2.05, 4.69) is 10.4 Å². The maximum absolute atomic E-state index is 13.0. The Labute approximate surface area is 143 Å². The lowest BCUT2D eigenvalue weighted by molar-refractivity contribution is -0.125. The summed E-state index contributed by atoms with van der Waals surface area (Å²) in [6, 6.07) is 1.16. The Bertz CT molecular complexity index is 608. The minimum Gasteiger partial charge on any atom is -0.352 e. The van der Waals surface area contributed by atoms with E-state index in [0.29, 0.717) is 25.2 Å². The first-order chi connectivity index (χ1) is 11.2. The number of nitrogens with one attached hydrogen (secondary N) is 1. The van der Waals surface area contributed by atoms with Crippen molar-refractivity contribution in [1.82, 2.24) is 20.0 Å². The number of hydrogen-bond acceptors (Lipinski definition) is 4. The number of carbonyl (C=O) groups is 2. The quantitative estimate of drug-likeness (QED) is 0.842. The minimum atomic E-state index is -0.516. The third-order valence-corrected chi connectivity index (χ3v) is 4.24. The summed E-state index contributed by atoms with van der Waals surface area (Å²) < 4.78 is 1.71. The zero-order valence-corrected chi connectivity index (χ0v) is 15.2. The normalized spacial score (nSPS) is 20.9. The van der Waals surface area contributed by atoms with Gasteiger partial charge in [-0.3, -0.25) is 14.3 Å². The number of nitrogens with zero attached hydrogens (tertiary/aromatic N) is 3. The average molecular weight is 335 g/mol. The van der Waals surface area contributed by atoms with Crippen molar-refractivity contribution in [2.24, 2.45) is 5.73 Å². The molecule has 0 saturated carbocycles. The van der Waals surface area contributed by atoms with Crippen molar-refractivity contribution in [3.05, 3.63) is 17.5 Å². The van der Waals surface area contributed by atoms with Crippen LogP contribution < -0.4 is 11.1 Å². The summed E-state index contributed by atoms with van der Waals surface area (Å²) in [7, 11) is 0. The van der Waals surface area contributed by atoms with Crippen molar-refractivity contribution >= 4 is 11.8 Å². The van der Waals surface area contributed by atoms with E-state index in [1.165, 1.54) is 0 Å². The molecule has 2 amide bonds. The number of likely N-dealkylation sites (tertiary alicyclic amines) is 1. The van der Waals surface area contributed by atoms with Gasteiger partial charge >= 0.3 is 0 Å². The highest BCUT2D eigenvalue weighted by Crippen LogP contribution is 2.22. The molecule has 7 heteroatoms. The zero-order chi connectivity index (χ0) is 18.0. The molecule has 1 aliphatic rings. The first-order valence-electron chi connectivity index (χ1n) is 8.69. The molecule has 0 bridgehead atoms. The van der Waals surface area contributed by atoms with Gasteiger partial charge in [0.05, 0.1) is 5.69 Å². The molecule has 0 unspecified atom stereocenters. The van der Waals surface area contributed by atoms with Crippen LogP contribution in [0.25, 0.3) is 0 Å². The third-order valence-electron chi connectivity index (χ3n) is 4.24. The maximum Gasteiger partial charge on any atom is 0.272 e. The van der Waals surface area contributed by atoms with Gasteiger partial charge in [0.1, 0.15) is 11.7 Å². The average Bonchev–Trinajstić information content (AvgIpc) is 3.09. The highest BCUT2D eigenvalue weighted by atomic mass is 16.2. The fourth-order valence-electron chi connectivity index (χ4n) is 3.00. The van der Waals surface area contributed by atoms with E-state index in [9.17, 15) is 9.59 Å². The van der Waals surface area contributed by atoms with Crippen LogP contribution in [0.15, 0.2) is 6.07 Å². The van der Waals surface area contributed by atoms with Gasteiger partial charge in [-0.1, -0.05) is 13.8 Å². The van der Waals surface area contributed by atoms with Crippen molar-refractivity contribution in [1.29, 1.82) is 0 Å². The molecule has 134 valence electrons. The molecular weight excluding hydrogens is 306 g/mol. The van der Waals surface area contributed by atoms with Gasteiger partial charge in [-0.15, -0.1) is 0 Å². The molecule has 7 nitrogen and oxygen atoms in total. The van der Waals surface area contributed by atoms with E-state index >= 15 is 0 Å². The molecule has 0 aliphatic carbocycles. The summed E-state index contributed by atoms with van der Waals surface area (Å²) in [5.41, 5.74) is 7.43. The monoisotopic (exact) mass is 335 g/mol. The van der Waals surface area contributed by atoms with Crippen LogP contribution in [0.3, 0.4) is 0 Å². The second-order valence-electron chi connectivity index (χ2n) is 7.06. The predicted molar refractivity (Wildman–Crippen MR) is 92.7 cm³/mol. The molecule has 1 saturated heterocycles. The van der Waals surface area contributed by atoms with Gasteiger partial charge < -0.3 is 16.0 Å². The van der Waals surface area contributed by atoms with Crippen LogP contribution in [0.5, 0.6) is 0 Å². The second-order valence-corrected chi connectivity index (χ2v) is 7.06. The number of rotatable bonds is 5. The predicted octanol–water partition coefficient (Wildman–Crippen LogP) is 1.09. The van der Waals surface area contributed by atoms with Crippen LogP contribution in [-0.2, 0) is 11.3 Å². The number of aromatic nitrogens is 2. The van der Waals surface area contributed by atoms with Gasteiger partial charge in [-0.2, -0.15) is 5.10 Å². The molecule has 2 atom stereocenters. The third kappa shape index (κ3) is 3.77. The van der Waals surface area contributed by atoms with E-state index in [4.69, 9.17) is 5.73 Å². The zero-order valence-electron chi connectivity index (χ0n) is 15.2. The van der Waals surface area contributed by atoms with Crippen LogP contribution in [0.2, 0.25) is 0 Å². The van der Waals surface area contributed by atoms with Crippen LogP contribution in [0, 0.1) is 0 Å².